The van der Waals surface area contributed by atoms with Crippen molar-refractivity contribution in [1.29, 1.82) is 0 Å². The Bertz CT molecular complexity index is 1260. The van der Waals surface area contributed by atoms with Crippen molar-refractivity contribution in [2.75, 3.05) is 5.32 Å². The molecule has 0 aliphatic rings. The molecule has 178 valence electrons. The summed E-state index contributed by atoms with van der Waals surface area (Å²) in [6.45, 7) is 3.49. The molecule has 0 aromatic heterocycles. The number of sulfone groups is 1. The van der Waals surface area contributed by atoms with E-state index in [0.717, 1.165) is 23.3 Å². The number of carbonyl (C=O) groups is 2. The lowest BCUT2D eigenvalue weighted by Gasteiger charge is -2.30. The smallest absolute Gasteiger partial charge is 0.328 e. The van der Waals surface area contributed by atoms with Crippen LogP contribution >= 0.6 is 0 Å². The predicted molar refractivity (Wildman–Crippen MR) is 125 cm³/mol. The summed E-state index contributed by atoms with van der Waals surface area (Å²) in [4.78, 5) is 26.0. The van der Waals surface area contributed by atoms with Gasteiger partial charge >= 0.3 is 5.76 Å². The van der Waals surface area contributed by atoms with Crippen LogP contribution in [0.4, 0.5) is 14.5 Å². The molecule has 0 heterocycles. The highest BCUT2D eigenvalue weighted by Crippen LogP contribution is 2.27. The van der Waals surface area contributed by atoms with Gasteiger partial charge in [0.15, 0.2) is 0 Å². The molecule has 0 fully saturated rings. The molecule has 34 heavy (non-hydrogen) atoms. The summed E-state index contributed by atoms with van der Waals surface area (Å²) in [7, 11) is -4.75. The molecule has 3 aromatic rings. The van der Waals surface area contributed by atoms with Crippen LogP contribution in [0.25, 0.3) is 0 Å². The van der Waals surface area contributed by atoms with Gasteiger partial charge in [0, 0.05) is 24.7 Å². The number of anilines is 1. The number of carbonyl (C=O) groups excluding carboxylic acids is 2. The largest absolute Gasteiger partial charge is 0.341 e. The quantitative estimate of drug-likeness (QED) is 0.483. The maximum absolute atomic E-state index is 13.5. The highest BCUT2D eigenvalue weighted by molar-refractivity contribution is 7.91. The van der Waals surface area contributed by atoms with E-state index in [2.05, 4.69) is 5.32 Å². The summed E-state index contributed by atoms with van der Waals surface area (Å²) in [5.41, 5.74) is 2.39. The Morgan fingerprint density at radius 2 is 1.59 bits per heavy atom. The number of nitrogens with one attached hydrogen (secondary N) is 1. The summed E-state index contributed by atoms with van der Waals surface area (Å²) in [6, 6.07) is 20.5. The lowest BCUT2D eigenvalue weighted by Crippen LogP contribution is -2.33. The van der Waals surface area contributed by atoms with Crippen LogP contribution in [0.3, 0.4) is 0 Å². The zero-order chi connectivity index (χ0) is 24.9. The van der Waals surface area contributed by atoms with Crippen LogP contribution < -0.4 is 5.32 Å². The third-order valence-corrected chi connectivity index (χ3v) is 6.68. The molecular weight excluding hydrogens is 462 g/mol. The third-order valence-electron chi connectivity index (χ3n) is 5.28. The second-order valence-corrected chi connectivity index (χ2v) is 9.65. The number of halogens is 2. The lowest BCUT2D eigenvalue weighted by atomic mass is 10.0. The molecule has 0 aliphatic carbocycles. The summed E-state index contributed by atoms with van der Waals surface area (Å²) in [5.74, 6) is -4.16. The summed E-state index contributed by atoms with van der Waals surface area (Å²) >= 11 is 0. The number of rotatable bonds is 8. The molecule has 1 atom stereocenters. The van der Waals surface area contributed by atoms with Gasteiger partial charge < -0.3 is 10.2 Å². The molecule has 0 spiro atoms. The van der Waals surface area contributed by atoms with Gasteiger partial charge in [-0.2, -0.15) is 8.78 Å². The first-order valence-electron chi connectivity index (χ1n) is 10.4. The SMILES string of the molecule is CC(=O)Nc1cccc([C@@H](C)N(Cc2ccccc2)C(=O)c2ccc(S(=O)(=O)C(F)F)cc2)c1. The first kappa shape index (κ1) is 25.0. The van der Waals surface area contributed by atoms with Crippen molar-refractivity contribution in [1.82, 2.24) is 4.90 Å². The number of hydrogen-bond donors (Lipinski definition) is 1. The summed E-state index contributed by atoms with van der Waals surface area (Å²) in [6.07, 6.45) is 0. The van der Waals surface area contributed by atoms with Crippen molar-refractivity contribution in [2.24, 2.45) is 0 Å². The molecule has 3 aromatic carbocycles. The predicted octanol–water partition coefficient (Wildman–Crippen LogP) is 5.04. The first-order valence-corrected chi connectivity index (χ1v) is 12.0. The molecule has 0 aliphatic heterocycles. The highest BCUT2D eigenvalue weighted by atomic mass is 32.2. The van der Waals surface area contributed by atoms with Gasteiger partial charge in [0.25, 0.3) is 5.91 Å². The Morgan fingerprint density at radius 3 is 2.18 bits per heavy atom. The van der Waals surface area contributed by atoms with E-state index in [9.17, 15) is 26.8 Å². The fourth-order valence-corrected chi connectivity index (χ4v) is 4.20. The van der Waals surface area contributed by atoms with E-state index in [1.807, 2.05) is 43.3 Å². The number of nitrogens with zero attached hydrogens (tertiary/aromatic N) is 1. The van der Waals surface area contributed by atoms with Crippen molar-refractivity contribution >= 4 is 27.3 Å². The Balaban J connectivity index is 1.96. The standard InChI is InChI=1S/C25H24F2N2O4S/c1-17(21-9-6-10-22(15-21)28-18(2)30)29(16-19-7-4-3-5-8-19)24(31)20-11-13-23(14-12-20)34(32,33)25(26)27/h3-15,17,25H,16H2,1-2H3,(H,28,30)/t17-/m1/s1. The van der Waals surface area contributed by atoms with Gasteiger partial charge in [-0.15, -0.1) is 0 Å². The highest BCUT2D eigenvalue weighted by Gasteiger charge is 2.28. The monoisotopic (exact) mass is 486 g/mol. The molecule has 3 rings (SSSR count). The van der Waals surface area contributed by atoms with Gasteiger partial charge in [-0.25, -0.2) is 8.42 Å². The van der Waals surface area contributed by atoms with Gasteiger partial charge in [-0.3, -0.25) is 9.59 Å². The van der Waals surface area contributed by atoms with E-state index in [1.54, 1.807) is 23.1 Å². The van der Waals surface area contributed by atoms with Crippen molar-refractivity contribution in [3.63, 3.8) is 0 Å². The summed E-state index contributed by atoms with van der Waals surface area (Å²) < 4.78 is 49.1. The van der Waals surface area contributed by atoms with E-state index in [0.29, 0.717) is 5.69 Å². The number of alkyl halides is 2. The van der Waals surface area contributed by atoms with Gasteiger partial charge in [-0.05, 0) is 54.4 Å². The maximum atomic E-state index is 13.5. The van der Waals surface area contributed by atoms with Gasteiger partial charge in [0.05, 0.1) is 10.9 Å². The molecule has 0 saturated heterocycles. The first-order chi connectivity index (χ1) is 16.1. The summed E-state index contributed by atoms with van der Waals surface area (Å²) in [5, 5.41) is 2.72. The van der Waals surface area contributed by atoms with Crippen LogP contribution in [0.2, 0.25) is 0 Å². The third kappa shape index (κ3) is 5.85. The molecule has 6 nitrogen and oxygen atoms in total. The van der Waals surface area contributed by atoms with Crippen LogP contribution in [-0.2, 0) is 21.2 Å². The van der Waals surface area contributed by atoms with Gasteiger partial charge in [0.1, 0.15) is 0 Å². The second-order valence-electron chi connectivity index (χ2n) is 7.73. The Labute approximate surface area is 197 Å². The molecule has 1 N–H and O–H groups in total. The Hall–Kier alpha value is -3.59. The normalized spacial score (nSPS) is 12.3. The average Bonchev–Trinajstić information content (AvgIpc) is 2.82. The van der Waals surface area contributed by atoms with Crippen molar-refractivity contribution in [2.45, 2.75) is 37.1 Å². The van der Waals surface area contributed by atoms with Crippen molar-refractivity contribution in [3.05, 3.63) is 95.6 Å². The molecule has 9 heteroatoms. The molecule has 0 radical (unpaired) electrons. The topological polar surface area (TPSA) is 83.6 Å². The fraction of sp³-hybridized carbons (Fsp3) is 0.200. The molecule has 0 unspecified atom stereocenters. The zero-order valence-electron chi connectivity index (χ0n) is 18.6. The van der Waals surface area contributed by atoms with E-state index in [1.165, 1.54) is 19.1 Å². The average molecular weight is 487 g/mol. The minimum absolute atomic E-state index is 0.161. The van der Waals surface area contributed by atoms with E-state index in [4.69, 9.17) is 0 Å². The van der Waals surface area contributed by atoms with Crippen molar-refractivity contribution in [3.8, 4) is 0 Å². The molecule has 0 saturated carbocycles. The second kappa shape index (κ2) is 10.6. The van der Waals surface area contributed by atoms with Crippen LogP contribution in [0.5, 0.6) is 0 Å². The van der Waals surface area contributed by atoms with Crippen LogP contribution in [0.1, 0.15) is 41.4 Å². The minimum atomic E-state index is -4.75. The maximum Gasteiger partial charge on any atom is 0.341 e. The lowest BCUT2D eigenvalue weighted by molar-refractivity contribution is -0.114. The van der Waals surface area contributed by atoms with Crippen LogP contribution in [0, 0.1) is 0 Å². The van der Waals surface area contributed by atoms with E-state index >= 15 is 0 Å². The number of hydrogen-bond acceptors (Lipinski definition) is 4. The van der Waals surface area contributed by atoms with Crippen LogP contribution in [0.15, 0.2) is 83.8 Å². The molecular formula is C25H24F2N2O4S. The Morgan fingerprint density at radius 1 is 0.941 bits per heavy atom. The number of amides is 2. The zero-order valence-corrected chi connectivity index (χ0v) is 19.4. The molecule has 2 amide bonds. The van der Waals surface area contributed by atoms with E-state index < -0.39 is 32.4 Å². The van der Waals surface area contributed by atoms with Gasteiger partial charge in [0.2, 0.25) is 15.7 Å². The fourth-order valence-electron chi connectivity index (χ4n) is 3.48. The van der Waals surface area contributed by atoms with Crippen molar-refractivity contribution < 1.29 is 26.8 Å². The van der Waals surface area contributed by atoms with E-state index in [-0.39, 0.29) is 18.0 Å². The Kier molecular flexibility index (Phi) is 7.78. The number of benzene rings is 3. The van der Waals surface area contributed by atoms with Crippen LogP contribution in [-0.4, -0.2) is 30.9 Å². The van der Waals surface area contributed by atoms with Gasteiger partial charge in [-0.1, -0.05) is 42.5 Å². The minimum Gasteiger partial charge on any atom is -0.328 e. The molecule has 0 bridgehead atoms.